The van der Waals surface area contributed by atoms with E-state index >= 15 is 0 Å². The first-order chi connectivity index (χ1) is 13.3. The minimum atomic E-state index is -2.22. The summed E-state index contributed by atoms with van der Waals surface area (Å²) in [4.78, 5) is 0. The zero-order valence-electron chi connectivity index (χ0n) is 22.5. The van der Waals surface area contributed by atoms with Gasteiger partial charge in [-0.1, -0.05) is 39.1 Å². The summed E-state index contributed by atoms with van der Waals surface area (Å²) in [5, 5.41) is -0.236. The number of hydrogen-bond donors (Lipinski definition) is 0. The third-order valence-corrected chi connectivity index (χ3v) is 22.2. The van der Waals surface area contributed by atoms with Gasteiger partial charge in [-0.2, -0.15) is 0 Å². The predicted molar refractivity (Wildman–Crippen MR) is 145 cm³/mol. The van der Waals surface area contributed by atoms with Gasteiger partial charge in [0.2, 0.25) is 16.6 Å². The lowest BCUT2D eigenvalue weighted by molar-refractivity contribution is 0.0698. The van der Waals surface area contributed by atoms with Crippen molar-refractivity contribution in [3.05, 3.63) is 24.6 Å². The van der Waals surface area contributed by atoms with Crippen molar-refractivity contribution in [1.29, 1.82) is 0 Å². The van der Waals surface area contributed by atoms with Crippen LogP contribution in [0.4, 0.5) is 0 Å². The number of hydrogen-bond acceptors (Lipinski definition) is 3. The summed E-state index contributed by atoms with van der Waals surface area (Å²) in [5.41, 5.74) is 4.09. The molecule has 3 nitrogen and oxygen atoms in total. The Morgan fingerprint density at radius 2 is 1.23 bits per heavy atom. The van der Waals surface area contributed by atoms with Gasteiger partial charge in [0, 0.05) is 5.04 Å². The van der Waals surface area contributed by atoms with Crippen molar-refractivity contribution < 1.29 is 13.0 Å². The van der Waals surface area contributed by atoms with E-state index in [1.54, 1.807) is 0 Å². The average Bonchev–Trinajstić information content (AvgIpc) is 2.63. The van der Waals surface area contributed by atoms with Crippen LogP contribution < -0.4 is 0 Å². The highest BCUT2D eigenvalue weighted by Gasteiger charge is 2.55. The zero-order chi connectivity index (χ0) is 24.2. The van der Waals surface area contributed by atoms with Gasteiger partial charge in [0.25, 0.3) is 0 Å². The Balaban J connectivity index is 6.10. The molecule has 7 heteroatoms. The Morgan fingerprint density at radius 3 is 1.57 bits per heavy atom. The van der Waals surface area contributed by atoms with Crippen molar-refractivity contribution in [2.24, 2.45) is 0 Å². The first-order valence-corrected chi connectivity index (χ1v) is 23.5. The summed E-state index contributed by atoms with van der Waals surface area (Å²) in [5.74, 6) is 0. The van der Waals surface area contributed by atoms with Gasteiger partial charge in [0.15, 0.2) is 16.6 Å². The molecule has 0 N–H and O–H groups in total. The van der Waals surface area contributed by atoms with E-state index in [4.69, 9.17) is 13.0 Å². The van der Waals surface area contributed by atoms with Crippen LogP contribution >= 0.6 is 0 Å². The van der Waals surface area contributed by atoms with Crippen LogP contribution in [0.3, 0.4) is 0 Å². The highest BCUT2D eigenvalue weighted by molar-refractivity contribution is 6.88. The Kier molecular flexibility index (Phi) is 10.5. The molecule has 0 aromatic rings. The summed E-state index contributed by atoms with van der Waals surface area (Å²) in [6, 6.07) is 0. The molecule has 30 heavy (non-hydrogen) atoms. The van der Waals surface area contributed by atoms with Crippen molar-refractivity contribution in [1.82, 2.24) is 0 Å². The Labute approximate surface area is 193 Å². The molecule has 178 valence electrons. The fourth-order valence-corrected chi connectivity index (χ4v) is 18.2. The second-order valence-electron chi connectivity index (χ2n) is 11.2. The molecular weight excluding hydrogens is 437 g/mol. The van der Waals surface area contributed by atoms with E-state index < -0.39 is 33.3 Å². The molecule has 0 aromatic carbocycles. The molecule has 0 amide bonds. The summed E-state index contributed by atoms with van der Waals surface area (Å²) in [6.45, 7) is 37.9. The van der Waals surface area contributed by atoms with Gasteiger partial charge >= 0.3 is 0 Å². The maximum atomic E-state index is 7.17. The van der Waals surface area contributed by atoms with E-state index in [2.05, 4.69) is 106 Å². The first kappa shape index (κ1) is 30.2. The molecule has 0 rings (SSSR count). The van der Waals surface area contributed by atoms with Gasteiger partial charge in [-0.05, 0) is 78.6 Å². The minimum absolute atomic E-state index is 0.0132. The topological polar surface area (TPSA) is 27.7 Å². The summed E-state index contributed by atoms with van der Waals surface area (Å²) >= 11 is 0. The summed E-state index contributed by atoms with van der Waals surface area (Å²) < 4.78 is 20.9. The molecule has 0 aliphatic heterocycles. The molecule has 0 saturated carbocycles. The fraction of sp³-hybridized carbons (Fsp3) is 0.826. The van der Waals surface area contributed by atoms with Gasteiger partial charge in [-0.3, -0.25) is 0 Å². The molecule has 0 bridgehead atoms. The lowest BCUT2D eigenvalue weighted by atomic mass is 9.98. The van der Waals surface area contributed by atoms with Crippen molar-refractivity contribution in [3.63, 3.8) is 0 Å². The van der Waals surface area contributed by atoms with Crippen LogP contribution in [0.25, 0.3) is 0 Å². The van der Waals surface area contributed by atoms with Crippen molar-refractivity contribution in [2.45, 2.75) is 123 Å². The second kappa shape index (κ2) is 10.4. The van der Waals surface area contributed by atoms with E-state index in [0.717, 1.165) is 19.3 Å². The van der Waals surface area contributed by atoms with E-state index in [-0.39, 0.29) is 16.4 Å². The molecule has 0 aliphatic carbocycles. The standard InChI is InChI=1S/C23H52O3Si4/c1-16-21(22(6,17-2)29(12,13)26-28(10,11)20-5)24-30(14,15)23(7,18-3)25-27(8,9)19-4/h19-21H,4-5,16-18H2,1-3,6-15H3. The summed E-state index contributed by atoms with van der Waals surface area (Å²) in [7, 11) is -8.12. The third-order valence-electron chi connectivity index (χ3n) is 7.57. The Morgan fingerprint density at radius 1 is 0.767 bits per heavy atom. The molecular formula is C23H52O3Si4. The van der Waals surface area contributed by atoms with Gasteiger partial charge in [0.1, 0.15) is 0 Å². The largest absolute Gasteiger partial charge is 0.452 e. The van der Waals surface area contributed by atoms with E-state index in [9.17, 15) is 0 Å². The van der Waals surface area contributed by atoms with Crippen molar-refractivity contribution in [3.8, 4) is 0 Å². The zero-order valence-corrected chi connectivity index (χ0v) is 26.5. The monoisotopic (exact) mass is 488 g/mol. The molecule has 0 saturated heterocycles. The van der Waals surface area contributed by atoms with Gasteiger partial charge < -0.3 is 13.0 Å². The van der Waals surface area contributed by atoms with E-state index in [1.807, 2.05) is 5.70 Å². The maximum absolute atomic E-state index is 7.17. The highest BCUT2D eigenvalue weighted by atomic mass is 28.4. The molecule has 0 radical (unpaired) electrons. The lowest BCUT2D eigenvalue weighted by Crippen LogP contribution is -2.63. The fourth-order valence-electron chi connectivity index (χ4n) is 4.24. The van der Waals surface area contributed by atoms with E-state index in [1.165, 1.54) is 0 Å². The molecule has 0 aromatic heterocycles. The molecule has 0 fully saturated rings. The first-order valence-electron chi connectivity index (χ1n) is 11.7. The summed E-state index contributed by atoms with van der Waals surface area (Å²) in [6.07, 6.45) is 3.14. The smallest absolute Gasteiger partial charge is 0.216 e. The minimum Gasteiger partial charge on any atom is -0.452 e. The van der Waals surface area contributed by atoms with Crippen LogP contribution in [0.15, 0.2) is 24.6 Å². The van der Waals surface area contributed by atoms with Crippen LogP contribution in [0.5, 0.6) is 0 Å². The van der Waals surface area contributed by atoms with Gasteiger partial charge in [-0.15, -0.1) is 13.2 Å². The Bertz CT molecular complexity index is 589. The van der Waals surface area contributed by atoms with Gasteiger partial charge in [0.05, 0.1) is 11.3 Å². The molecule has 0 heterocycles. The average molecular weight is 489 g/mol. The SMILES string of the molecule is C=C[Si](C)(C)OC(C)(CC)[Si](C)(C)OC(CC)C(C)(CC)[Si](C)(C)O[Si](C)(C)C=C. The lowest BCUT2D eigenvalue weighted by Gasteiger charge is -2.53. The molecule has 3 unspecified atom stereocenters. The number of rotatable bonds is 14. The maximum Gasteiger partial charge on any atom is 0.216 e. The second-order valence-corrected chi connectivity index (χ2v) is 27.9. The van der Waals surface area contributed by atoms with Crippen LogP contribution in [0.1, 0.15) is 53.9 Å². The molecule has 0 spiro atoms. The highest BCUT2D eigenvalue weighted by Crippen LogP contribution is 2.50. The molecule has 3 atom stereocenters. The quantitative estimate of drug-likeness (QED) is 0.232. The Hall–Kier alpha value is 0.228. The normalized spacial score (nSPS) is 19.0. The van der Waals surface area contributed by atoms with E-state index in [0.29, 0.717) is 0 Å². The third kappa shape index (κ3) is 6.86. The van der Waals surface area contributed by atoms with Crippen LogP contribution in [-0.2, 0) is 13.0 Å². The van der Waals surface area contributed by atoms with Crippen LogP contribution in [-0.4, -0.2) is 44.6 Å². The van der Waals surface area contributed by atoms with Gasteiger partial charge in [-0.25, -0.2) is 0 Å². The predicted octanol–water partition coefficient (Wildman–Crippen LogP) is 7.96. The van der Waals surface area contributed by atoms with Crippen molar-refractivity contribution in [2.75, 3.05) is 0 Å². The van der Waals surface area contributed by atoms with Crippen molar-refractivity contribution >= 4 is 33.3 Å². The van der Waals surface area contributed by atoms with Crippen LogP contribution in [0, 0.1) is 0 Å². The molecule has 0 aliphatic rings. The van der Waals surface area contributed by atoms with Crippen LogP contribution in [0.2, 0.25) is 57.4 Å².